The summed E-state index contributed by atoms with van der Waals surface area (Å²) in [5.41, 5.74) is 0. The Labute approximate surface area is 128 Å². The Hall–Kier alpha value is -1.07. The van der Waals surface area contributed by atoms with Crippen molar-refractivity contribution in [2.45, 2.75) is 26.2 Å². The van der Waals surface area contributed by atoms with Gasteiger partial charge >= 0.3 is 0 Å². The quantitative estimate of drug-likeness (QED) is 0.678. The molecule has 0 saturated heterocycles. The highest BCUT2D eigenvalue weighted by molar-refractivity contribution is 9.10. The summed E-state index contributed by atoms with van der Waals surface area (Å²) in [5, 5.41) is 11.7. The van der Waals surface area contributed by atoms with Crippen LogP contribution in [-0.2, 0) is 4.79 Å². The lowest BCUT2D eigenvalue weighted by atomic mass is 10.1. The largest absolute Gasteiger partial charge is 0.493 e. The van der Waals surface area contributed by atoms with Gasteiger partial charge < -0.3 is 15.2 Å². The highest BCUT2D eigenvalue weighted by Crippen LogP contribution is 2.17. The summed E-state index contributed by atoms with van der Waals surface area (Å²) in [6, 6.07) is 7.54. The number of hydrogen-bond donors (Lipinski definition) is 2. The maximum Gasteiger partial charge on any atom is 0.223 e. The van der Waals surface area contributed by atoms with Crippen LogP contribution in [0.15, 0.2) is 28.7 Å². The monoisotopic (exact) mass is 343 g/mol. The molecule has 4 nitrogen and oxygen atoms in total. The summed E-state index contributed by atoms with van der Waals surface area (Å²) in [6.07, 6.45) is 2.16. The lowest BCUT2D eigenvalue weighted by molar-refractivity contribution is -0.121. The molecule has 1 unspecified atom stereocenters. The van der Waals surface area contributed by atoms with Crippen molar-refractivity contribution in [1.82, 2.24) is 5.32 Å². The number of amides is 1. The summed E-state index contributed by atoms with van der Waals surface area (Å²) in [5.74, 6) is 1.05. The fourth-order valence-electron chi connectivity index (χ4n) is 1.68. The van der Waals surface area contributed by atoms with Gasteiger partial charge in [0.15, 0.2) is 0 Å². The van der Waals surface area contributed by atoms with Crippen molar-refractivity contribution >= 4 is 21.8 Å². The van der Waals surface area contributed by atoms with E-state index in [1.165, 1.54) is 0 Å². The average Bonchev–Trinajstić information content (AvgIpc) is 2.43. The van der Waals surface area contributed by atoms with E-state index in [2.05, 4.69) is 21.2 Å². The smallest absolute Gasteiger partial charge is 0.223 e. The minimum absolute atomic E-state index is 0.00310. The van der Waals surface area contributed by atoms with Gasteiger partial charge in [-0.3, -0.25) is 4.79 Å². The molecule has 1 aromatic rings. The van der Waals surface area contributed by atoms with Crippen LogP contribution in [0.2, 0.25) is 0 Å². The van der Waals surface area contributed by atoms with Crippen molar-refractivity contribution in [2.24, 2.45) is 5.92 Å². The summed E-state index contributed by atoms with van der Waals surface area (Å²) >= 11 is 3.37. The van der Waals surface area contributed by atoms with Gasteiger partial charge in [-0.05, 0) is 37.0 Å². The number of nitrogens with one attached hydrogen (secondary N) is 1. The molecule has 0 aliphatic heterocycles. The lowest BCUT2D eigenvalue weighted by Crippen LogP contribution is -2.26. The molecule has 0 bridgehead atoms. The molecule has 112 valence electrons. The number of hydrogen-bond acceptors (Lipinski definition) is 3. The Morgan fingerprint density at radius 1 is 1.50 bits per heavy atom. The van der Waals surface area contributed by atoms with E-state index in [-0.39, 0.29) is 12.5 Å². The Kier molecular flexibility index (Phi) is 8.30. The van der Waals surface area contributed by atoms with Crippen molar-refractivity contribution in [3.63, 3.8) is 0 Å². The molecule has 5 heteroatoms. The first-order valence-corrected chi connectivity index (χ1v) is 7.67. The first-order chi connectivity index (χ1) is 9.61. The second-order valence-corrected chi connectivity index (χ2v) is 5.75. The number of ether oxygens (including phenoxy) is 1. The predicted molar refractivity (Wildman–Crippen MR) is 82.7 cm³/mol. The fourth-order valence-corrected chi connectivity index (χ4v) is 2.05. The van der Waals surface area contributed by atoms with Gasteiger partial charge in [0.25, 0.3) is 0 Å². The Bertz CT molecular complexity index is 412. The normalized spacial score (nSPS) is 11.9. The third-order valence-electron chi connectivity index (χ3n) is 2.90. The topological polar surface area (TPSA) is 58.6 Å². The summed E-state index contributed by atoms with van der Waals surface area (Å²) in [6.45, 7) is 3.22. The number of aliphatic hydroxyl groups excluding tert-OH is 1. The zero-order valence-electron chi connectivity index (χ0n) is 11.8. The Balaban J connectivity index is 2.08. The molecule has 1 atom stereocenters. The van der Waals surface area contributed by atoms with E-state index in [9.17, 15) is 4.79 Å². The predicted octanol–water partition coefficient (Wildman–Crippen LogP) is 2.74. The summed E-state index contributed by atoms with van der Waals surface area (Å²) < 4.78 is 6.45. The first-order valence-electron chi connectivity index (χ1n) is 6.87. The molecular formula is C15H22BrNO3. The SMILES string of the molecule is CC(CO)CCCNC(=O)CCOc1cccc(Br)c1. The number of aliphatic hydroxyl groups is 1. The van der Waals surface area contributed by atoms with Gasteiger partial charge in [0, 0.05) is 17.6 Å². The van der Waals surface area contributed by atoms with Crippen LogP contribution in [-0.4, -0.2) is 30.8 Å². The molecule has 1 rings (SSSR count). The zero-order chi connectivity index (χ0) is 14.8. The number of halogens is 1. The van der Waals surface area contributed by atoms with Crippen LogP contribution in [0.25, 0.3) is 0 Å². The first kappa shape index (κ1) is 17.0. The summed E-state index contributed by atoms with van der Waals surface area (Å²) in [4.78, 5) is 11.6. The van der Waals surface area contributed by atoms with Crippen LogP contribution in [0.3, 0.4) is 0 Å². The van der Waals surface area contributed by atoms with Crippen LogP contribution in [0, 0.1) is 5.92 Å². The second-order valence-electron chi connectivity index (χ2n) is 4.84. The van der Waals surface area contributed by atoms with Gasteiger partial charge in [0.1, 0.15) is 5.75 Å². The molecular weight excluding hydrogens is 322 g/mol. The van der Waals surface area contributed by atoms with E-state index in [1.54, 1.807) is 0 Å². The third-order valence-corrected chi connectivity index (χ3v) is 3.39. The standard InChI is InChI=1S/C15H22BrNO3/c1-12(11-18)4-3-8-17-15(19)7-9-20-14-6-2-5-13(16)10-14/h2,5-6,10,12,18H,3-4,7-9,11H2,1H3,(H,17,19). The highest BCUT2D eigenvalue weighted by Gasteiger charge is 2.03. The van der Waals surface area contributed by atoms with Crippen molar-refractivity contribution in [2.75, 3.05) is 19.8 Å². The van der Waals surface area contributed by atoms with E-state index in [0.29, 0.717) is 25.5 Å². The van der Waals surface area contributed by atoms with Crippen LogP contribution in [0.4, 0.5) is 0 Å². The van der Waals surface area contributed by atoms with Crippen molar-refractivity contribution < 1.29 is 14.6 Å². The van der Waals surface area contributed by atoms with Crippen molar-refractivity contribution in [3.8, 4) is 5.75 Å². The van der Waals surface area contributed by atoms with Gasteiger partial charge in [-0.2, -0.15) is 0 Å². The lowest BCUT2D eigenvalue weighted by Gasteiger charge is -2.09. The molecule has 20 heavy (non-hydrogen) atoms. The number of benzene rings is 1. The zero-order valence-corrected chi connectivity index (χ0v) is 13.4. The van der Waals surface area contributed by atoms with E-state index in [1.807, 2.05) is 31.2 Å². The molecule has 0 heterocycles. The summed E-state index contributed by atoms with van der Waals surface area (Å²) in [7, 11) is 0. The van der Waals surface area contributed by atoms with E-state index < -0.39 is 0 Å². The van der Waals surface area contributed by atoms with Crippen molar-refractivity contribution in [3.05, 3.63) is 28.7 Å². The molecule has 0 aromatic heterocycles. The number of carbonyl (C=O) groups excluding carboxylic acids is 1. The molecule has 0 fully saturated rings. The molecule has 0 aliphatic rings. The Morgan fingerprint density at radius 2 is 2.30 bits per heavy atom. The third kappa shape index (κ3) is 7.50. The van der Waals surface area contributed by atoms with E-state index in [0.717, 1.165) is 23.1 Å². The molecule has 0 spiro atoms. The van der Waals surface area contributed by atoms with Crippen LogP contribution < -0.4 is 10.1 Å². The van der Waals surface area contributed by atoms with E-state index in [4.69, 9.17) is 9.84 Å². The number of carbonyl (C=O) groups is 1. The minimum Gasteiger partial charge on any atom is -0.493 e. The molecule has 0 saturated carbocycles. The molecule has 1 aromatic carbocycles. The maximum atomic E-state index is 11.6. The molecule has 0 aliphatic carbocycles. The van der Waals surface area contributed by atoms with Gasteiger partial charge in [-0.1, -0.05) is 28.9 Å². The average molecular weight is 344 g/mol. The highest BCUT2D eigenvalue weighted by atomic mass is 79.9. The van der Waals surface area contributed by atoms with Crippen LogP contribution in [0.5, 0.6) is 5.75 Å². The van der Waals surface area contributed by atoms with E-state index >= 15 is 0 Å². The molecule has 1 amide bonds. The molecule has 2 N–H and O–H groups in total. The molecule has 0 radical (unpaired) electrons. The van der Waals surface area contributed by atoms with Gasteiger partial charge in [-0.25, -0.2) is 0 Å². The Morgan fingerprint density at radius 3 is 3.00 bits per heavy atom. The minimum atomic E-state index is -0.00310. The van der Waals surface area contributed by atoms with Crippen LogP contribution >= 0.6 is 15.9 Å². The van der Waals surface area contributed by atoms with Crippen LogP contribution in [0.1, 0.15) is 26.2 Å². The van der Waals surface area contributed by atoms with Gasteiger partial charge in [-0.15, -0.1) is 0 Å². The van der Waals surface area contributed by atoms with Crippen molar-refractivity contribution in [1.29, 1.82) is 0 Å². The maximum absolute atomic E-state index is 11.6. The fraction of sp³-hybridized carbons (Fsp3) is 0.533. The van der Waals surface area contributed by atoms with Gasteiger partial charge in [0.2, 0.25) is 5.91 Å². The second kappa shape index (κ2) is 9.77. The van der Waals surface area contributed by atoms with Gasteiger partial charge in [0.05, 0.1) is 13.0 Å². The number of rotatable bonds is 9.